The molecule has 2 heterocycles. The fourth-order valence-corrected chi connectivity index (χ4v) is 2.73. The molecule has 142 valence electrons. The van der Waals surface area contributed by atoms with Crippen molar-refractivity contribution in [3.63, 3.8) is 0 Å². The first-order valence-corrected chi connectivity index (χ1v) is 9.13. The van der Waals surface area contributed by atoms with Gasteiger partial charge in [-0.2, -0.15) is 0 Å². The van der Waals surface area contributed by atoms with Gasteiger partial charge in [-0.3, -0.25) is 4.98 Å². The fraction of sp³-hybridized carbons (Fsp3) is 0.333. The quantitative estimate of drug-likeness (QED) is 0.602. The molecule has 0 aliphatic heterocycles. The average Bonchev–Trinajstić information content (AvgIpc) is 3.07. The molecule has 0 aliphatic carbocycles. The molecule has 27 heavy (non-hydrogen) atoms. The van der Waals surface area contributed by atoms with Gasteiger partial charge in [0, 0.05) is 17.1 Å². The number of aryl methyl sites for hydroxylation is 1. The number of hydrogen-bond donors (Lipinski definition) is 1. The number of pyridine rings is 1. The van der Waals surface area contributed by atoms with Crippen LogP contribution in [0.4, 0.5) is 0 Å². The number of ether oxygens (including phenoxy) is 3. The Morgan fingerprint density at radius 3 is 2.59 bits per heavy atom. The maximum absolute atomic E-state index is 12.1. The fourth-order valence-electron chi connectivity index (χ4n) is 2.73. The van der Waals surface area contributed by atoms with E-state index in [4.69, 9.17) is 14.2 Å². The molecule has 6 heteroatoms. The summed E-state index contributed by atoms with van der Waals surface area (Å²) >= 11 is 0. The molecule has 3 aromatic rings. The number of hydrogen-bond acceptors (Lipinski definition) is 5. The lowest BCUT2D eigenvalue weighted by Crippen LogP contribution is -2.06. The van der Waals surface area contributed by atoms with E-state index in [0.717, 1.165) is 23.0 Å². The molecule has 1 N–H and O–H groups in total. The molecule has 1 aromatic carbocycles. The lowest BCUT2D eigenvalue weighted by molar-refractivity contribution is 0.0520. The number of nitrogens with one attached hydrogen (secondary N) is 1. The predicted molar refractivity (Wildman–Crippen MR) is 104 cm³/mol. The highest BCUT2D eigenvalue weighted by molar-refractivity contribution is 5.97. The van der Waals surface area contributed by atoms with E-state index in [1.165, 1.54) is 0 Å². The normalized spacial score (nSPS) is 11.0. The molecule has 0 saturated carbocycles. The van der Waals surface area contributed by atoms with Crippen LogP contribution in [0.2, 0.25) is 0 Å². The first-order chi connectivity index (χ1) is 13.0. The minimum atomic E-state index is -0.397. The number of aromatic nitrogens is 2. The number of rotatable bonds is 7. The number of esters is 1. The predicted octanol–water partition coefficient (Wildman–Crippen LogP) is 4.88. The molecular weight excluding hydrogens is 344 g/mol. The van der Waals surface area contributed by atoms with Crippen LogP contribution < -0.4 is 9.47 Å². The van der Waals surface area contributed by atoms with Gasteiger partial charge in [0.05, 0.1) is 24.4 Å². The number of fused-ring (bicyclic) bond motifs is 1. The first-order valence-electron chi connectivity index (χ1n) is 9.13. The Morgan fingerprint density at radius 2 is 1.96 bits per heavy atom. The van der Waals surface area contributed by atoms with Crippen LogP contribution in [0.1, 0.15) is 43.9 Å². The van der Waals surface area contributed by atoms with E-state index in [0.29, 0.717) is 29.5 Å². The number of aromatic amines is 1. The Morgan fingerprint density at radius 1 is 1.15 bits per heavy atom. The SMILES string of the molecule is CCOC(=O)c1cc2cc(Oc3ccc(CC)nc3)cc(OC(C)C)c2[nH]1. The first kappa shape index (κ1) is 18.8. The third-order valence-electron chi connectivity index (χ3n) is 3.92. The second-order valence-corrected chi connectivity index (χ2v) is 6.40. The summed E-state index contributed by atoms with van der Waals surface area (Å²) < 4.78 is 16.9. The molecule has 0 saturated heterocycles. The summed E-state index contributed by atoms with van der Waals surface area (Å²) in [6.07, 6.45) is 2.55. The highest BCUT2D eigenvalue weighted by atomic mass is 16.5. The zero-order chi connectivity index (χ0) is 19.4. The van der Waals surface area contributed by atoms with Crippen molar-refractivity contribution in [3.05, 3.63) is 47.9 Å². The van der Waals surface area contributed by atoms with Gasteiger partial charge in [0.2, 0.25) is 0 Å². The summed E-state index contributed by atoms with van der Waals surface area (Å²) in [5.41, 5.74) is 2.12. The minimum Gasteiger partial charge on any atom is -0.489 e. The lowest BCUT2D eigenvalue weighted by atomic mass is 10.2. The summed E-state index contributed by atoms with van der Waals surface area (Å²) in [7, 11) is 0. The number of nitrogens with zero attached hydrogens (tertiary/aromatic N) is 1. The largest absolute Gasteiger partial charge is 0.489 e. The van der Waals surface area contributed by atoms with Crippen molar-refractivity contribution >= 4 is 16.9 Å². The Bertz CT molecular complexity index is 929. The summed E-state index contributed by atoms with van der Waals surface area (Å²) in [5.74, 6) is 1.47. The number of carbonyl (C=O) groups excluding carboxylic acids is 1. The van der Waals surface area contributed by atoms with Crippen molar-refractivity contribution in [2.75, 3.05) is 6.61 Å². The maximum atomic E-state index is 12.1. The van der Waals surface area contributed by atoms with E-state index in [9.17, 15) is 4.79 Å². The molecule has 6 nitrogen and oxygen atoms in total. The van der Waals surface area contributed by atoms with Gasteiger partial charge < -0.3 is 19.2 Å². The van der Waals surface area contributed by atoms with Crippen molar-refractivity contribution < 1.29 is 19.0 Å². The minimum absolute atomic E-state index is 0.0247. The smallest absolute Gasteiger partial charge is 0.354 e. The van der Waals surface area contributed by atoms with Gasteiger partial charge in [0.25, 0.3) is 0 Å². The third-order valence-corrected chi connectivity index (χ3v) is 3.92. The van der Waals surface area contributed by atoms with Gasteiger partial charge in [0.1, 0.15) is 22.9 Å². The Hall–Kier alpha value is -3.02. The van der Waals surface area contributed by atoms with E-state index in [-0.39, 0.29) is 6.10 Å². The van der Waals surface area contributed by atoms with Crippen LogP contribution in [0.3, 0.4) is 0 Å². The van der Waals surface area contributed by atoms with E-state index >= 15 is 0 Å². The van der Waals surface area contributed by atoms with Crippen molar-refractivity contribution in [2.45, 2.75) is 40.2 Å². The van der Waals surface area contributed by atoms with Gasteiger partial charge in [0.15, 0.2) is 0 Å². The van der Waals surface area contributed by atoms with Crippen molar-refractivity contribution in [3.8, 4) is 17.2 Å². The topological polar surface area (TPSA) is 73.4 Å². The monoisotopic (exact) mass is 368 g/mol. The Labute approximate surface area is 158 Å². The zero-order valence-corrected chi connectivity index (χ0v) is 16.0. The van der Waals surface area contributed by atoms with Gasteiger partial charge in [-0.15, -0.1) is 0 Å². The molecule has 2 aromatic heterocycles. The molecule has 0 unspecified atom stereocenters. The molecule has 0 fully saturated rings. The van der Waals surface area contributed by atoms with E-state index in [2.05, 4.69) is 16.9 Å². The van der Waals surface area contributed by atoms with Gasteiger partial charge >= 0.3 is 5.97 Å². The highest BCUT2D eigenvalue weighted by Crippen LogP contribution is 2.34. The molecule has 0 amide bonds. The van der Waals surface area contributed by atoms with Crippen LogP contribution in [0.5, 0.6) is 17.2 Å². The lowest BCUT2D eigenvalue weighted by Gasteiger charge is -2.13. The summed E-state index contributed by atoms with van der Waals surface area (Å²) in [6.45, 7) is 8.04. The van der Waals surface area contributed by atoms with Gasteiger partial charge in [-0.1, -0.05) is 6.92 Å². The maximum Gasteiger partial charge on any atom is 0.354 e. The summed E-state index contributed by atoms with van der Waals surface area (Å²) in [6, 6.07) is 9.23. The molecule has 0 aliphatic rings. The van der Waals surface area contributed by atoms with Gasteiger partial charge in [-0.25, -0.2) is 4.79 Å². The molecule has 0 spiro atoms. The highest BCUT2D eigenvalue weighted by Gasteiger charge is 2.16. The summed E-state index contributed by atoms with van der Waals surface area (Å²) in [5, 5.41) is 0.810. The average molecular weight is 368 g/mol. The molecular formula is C21H24N2O4. The second-order valence-electron chi connectivity index (χ2n) is 6.40. The number of carbonyl (C=O) groups is 1. The van der Waals surface area contributed by atoms with E-state index in [1.54, 1.807) is 19.2 Å². The van der Waals surface area contributed by atoms with Crippen molar-refractivity contribution in [2.24, 2.45) is 0 Å². The van der Waals surface area contributed by atoms with Crippen LogP contribution in [-0.2, 0) is 11.2 Å². The van der Waals surface area contributed by atoms with Crippen molar-refractivity contribution in [1.82, 2.24) is 9.97 Å². The number of H-pyrrole nitrogens is 1. The number of benzene rings is 1. The van der Waals surface area contributed by atoms with Gasteiger partial charge in [-0.05, 0) is 51.5 Å². The second kappa shape index (κ2) is 8.12. The molecule has 0 bridgehead atoms. The van der Waals surface area contributed by atoms with Crippen LogP contribution in [0.15, 0.2) is 36.5 Å². The van der Waals surface area contributed by atoms with Crippen LogP contribution >= 0.6 is 0 Å². The standard InChI is InChI=1S/C21H24N2O4/c1-5-15-7-8-16(12-22-15)27-17-9-14-10-18(21(24)25-6-2)23-20(14)19(11-17)26-13(3)4/h7-13,23H,5-6H2,1-4H3. The van der Waals surface area contributed by atoms with E-state index < -0.39 is 5.97 Å². The van der Waals surface area contributed by atoms with Crippen LogP contribution in [0.25, 0.3) is 10.9 Å². The Balaban J connectivity index is 1.98. The zero-order valence-electron chi connectivity index (χ0n) is 16.0. The van der Waals surface area contributed by atoms with Crippen LogP contribution in [-0.4, -0.2) is 28.6 Å². The van der Waals surface area contributed by atoms with Crippen molar-refractivity contribution in [1.29, 1.82) is 0 Å². The Kier molecular flexibility index (Phi) is 5.64. The van der Waals surface area contributed by atoms with E-state index in [1.807, 2.05) is 38.1 Å². The third kappa shape index (κ3) is 4.39. The summed E-state index contributed by atoms with van der Waals surface area (Å²) in [4.78, 5) is 19.5. The molecule has 3 rings (SSSR count). The molecule has 0 radical (unpaired) electrons. The molecule has 0 atom stereocenters. The van der Waals surface area contributed by atoms with Crippen LogP contribution in [0, 0.1) is 0 Å².